The van der Waals surface area contributed by atoms with E-state index in [0.717, 1.165) is 17.0 Å². The Morgan fingerprint density at radius 2 is 2.00 bits per heavy atom. The average Bonchev–Trinajstić information content (AvgIpc) is 2.31. The van der Waals surface area contributed by atoms with E-state index in [2.05, 4.69) is 20.3 Å². The van der Waals surface area contributed by atoms with Crippen molar-refractivity contribution in [2.45, 2.75) is 34.3 Å². The lowest BCUT2D eigenvalue weighted by Gasteiger charge is -2.12. The van der Waals surface area contributed by atoms with Crippen LogP contribution in [0.2, 0.25) is 0 Å². The first kappa shape index (κ1) is 14.3. The summed E-state index contributed by atoms with van der Waals surface area (Å²) in [6.45, 7) is 7.59. The Kier molecular flexibility index (Phi) is 4.97. The fourth-order valence-electron chi connectivity index (χ4n) is 1.51. The van der Waals surface area contributed by atoms with Gasteiger partial charge in [-0.05, 0) is 33.8 Å². The lowest BCUT2D eigenvalue weighted by atomic mass is 10.2. The van der Waals surface area contributed by atoms with Crippen molar-refractivity contribution in [3.63, 3.8) is 0 Å². The number of hydrogen-bond donors (Lipinski definition) is 2. The maximum atomic E-state index is 9.24. The van der Waals surface area contributed by atoms with Gasteiger partial charge in [-0.25, -0.2) is 9.97 Å². The summed E-state index contributed by atoms with van der Waals surface area (Å²) in [4.78, 5) is 12.7. The Morgan fingerprint density at radius 3 is 2.50 bits per heavy atom. The monoisotopic (exact) mass is 248 g/mol. The first-order valence-electron chi connectivity index (χ1n) is 5.81. The number of anilines is 1. The van der Waals surface area contributed by atoms with Gasteiger partial charge in [0.1, 0.15) is 17.5 Å². The zero-order chi connectivity index (χ0) is 13.7. The quantitative estimate of drug-likeness (QED) is 0.634. The molecule has 0 aromatic carbocycles. The molecule has 0 aliphatic carbocycles. The maximum Gasteiger partial charge on any atom is 0.138 e. The second kappa shape index (κ2) is 6.26. The molecule has 5 heteroatoms. The molecule has 1 heterocycles. The number of aliphatic hydroxyl groups excluding tert-OH is 1. The molecular formula is C13H20N4O. The molecule has 0 saturated carbocycles. The van der Waals surface area contributed by atoms with Crippen molar-refractivity contribution in [1.29, 1.82) is 0 Å². The van der Waals surface area contributed by atoms with Gasteiger partial charge >= 0.3 is 0 Å². The molecule has 0 bridgehead atoms. The van der Waals surface area contributed by atoms with E-state index in [-0.39, 0.29) is 6.61 Å². The molecule has 1 rings (SSSR count). The third-order valence-corrected chi connectivity index (χ3v) is 2.42. The molecule has 0 radical (unpaired) electrons. The van der Waals surface area contributed by atoms with Gasteiger partial charge in [0.25, 0.3) is 0 Å². The molecule has 98 valence electrons. The van der Waals surface area contributed by atoms with Gasteiger partial charge in [-0.1, -0.05) is 5.57 Å². The predicted molar refractivity (Wildman–Crippen MR) is 73.8 cm³/mol. The molecule has 0 saturated heterocycles. The normalized spacial score (nSPS) is 11.3. The molecule has 1 aromatic heterocycles. The van der Waals surface area contributed by atoms with Crippen LogP contribution in [0, 0.1) is 13.8 Å². The first-order valence-corrected chi connectivity index (χ1v) is 5.81. The number of aromatic nitrogens is 2. The van der Waals surface area contributed by atoms with Crippen LogP contribution in [-0.4, -0.2) is 28.0 Å². The molecule has 0 aliphatic rings. The fraction of sp³-hybridized carbons (Fsp3) is 0.462. The number of nitrogens with one attached hydrogen (secondary N) is 1. The van der Waals surface area contributed by atoms with E-state index in [1.807, 2.05) is 26.8 Å². The lowest BCUT2D eigenvalue weighted by molar-refractivity contribution is 0.275. The van der Waals surface area contributed by atoms with E-state index in [1.54, 1.807) is 14.0 Å². The lowest BCUT2D eigenvalue weighted by Crippen LogP contribution is -2.14. The smallest absolute Gasteiger partial charge is 0.138 e. The average molecular weight is 248 g/mol. The third kappa shape index (κ3) is 3.63. The van der Waals surface area contributed by atoms with E-state index >= 15 is 0 Å². The van der Waals surface area contributed by atoms with Crippen LogP contribution in [-0.2, 0) is 6.61 Å². The Labute approximate surface area is 108 Å². The number of nitrogens with zero attached hydrogens (tertiary/aromatic N) is 3. The number of aliphatic hydroxyl groups is 1. The molecule has 18 heavy (non-hydrogen) atoms. The Bertz CT molecular complexity index is 488. The molecule has 2 N–H and O–H groups in total. The van der Waals surface area contributed by atoms with Crippen molar-refractivity contribution in [3.05, 3.63) is 28.7 Å². The summed E-state index contributed by atoms with van der Waals surface area (Å²) < 4.78 is 0. The van der Waals surface area contributed by atoms with Gasteiger partial charge in [0.2, 0.25) is 0 Å². The number of allylic oxidation sites excluding steroid dienone is 1. The van der Waals surface area contributed by atoms with Gasteiger partial charge in [0.05, 0.1) is 12.3 Å². The minimum atomic E-state index is -0.0921. The standard InChI is InChI=1S/C13H20N4O/c1-8(2)6-12(14-5)17-13-9(3)11(7-18)15-10(4)16-13/h6,18H,7H2,1-5H3,(H,14,15,16,17). The molecular weight excluding hydrogens is 228 g/mol. The number of aryl methyl sites for hydroxylation is 1. The van der Waals surface area contributed by atoms with Crippen LogP contribution < -0.4 is 5.32 Å². The predicted octanol–water partition coefficient (Wildman–Crippen LogP) is 1.99. The fourth-order valence-corrected chi connectivity index (χ4v) is 1.51. The van der Waals surface area contributed by atoms with Crippen LogP contribution in [0.1, 0.15) is 30.9 Å². The molecule has 0 spiro atoms. The number of amidine groups is 1. The first-order chi connectivity index (χ1) is 8.47. The summed E-state index contributed by atoms with van der Waals surface area (Å²) in [5.74, 6) is 2.05. The van der Waals surface area contributed by atoms with Crippen molar-refractivity contribution in [2.75, 3.05) is 12.4 Å². The summed E-state index contributed by atoms with van der Waals surface area (Å²) in [5.41, 5.74) is 2.62. The van der Waals surface area contributed by atoms with Gasteiger partial charge in [0, 0.05) is 12.6 Å². The van der Waals surface area contributed by atoms with E-state index in [4.69, 9.17) is 0 Å². The Morgan fingerprint density at radius 1 is 1.33 bits per heavy atom. The zero-order valence-electron chi connectivity index (χ0n) is 11.6. The maximum absolute atomic E-state index is 9.24. The molecule has 0 atom stereocenters. The summed E-state index contributed by atoms with van der Waals surface area (Å²) in [6, 6.07) is 0. The van der Waals surface area contributed by atoms with Crippen molar-refractivity contribution in [1.82, 2.24) is 9.97 Å². The number of hydrogen-bond acceptors (Lipinski definition) is 4. The van der Waals surface area contributed by atoms with E-state index in [1.165, 1.54) is 0 Å². The molecule has 0 amide bonds. The minimum Gasteiger partial charge on any atom is -0.390 e. The second-order valence-electron chi connectivity index (χ2n) is 4.30. The van der Waals surface area contributed by atoms with E-state index in [9.17, 15) is 5.11 Å². The van der Waals surface area contributed by atoms with Crippen molar-refractivity contribution >= 4 is 11.7 Å². The van der Waals surface area contributed by atoms with Crippen LogP contribution in [0.15, 0.2) is 16.6 Å². The molecule has 0 unspecified atom stereocenters. The highest BCUT2D eigenvalue weighted by Crippen LogP contribution is 2.15. The van der Waals surface area contributed by atoms with Crippen molar-refractivity contribution < 1.29 is 5.11 Å². The summed E-state index contributed by atoms with van der Waals surface area (Å²) in [5, 5.41) is 12.4. The van der Waals surface area contributed by atoms with Gasteiger partial charge in [0.15, 0.2) is 0 Å². The molecule has 0 aliphatic heterocycles. The highest BCUT2D eigenvalue weighted by Gasteiger charge is 2.09. The van der Waals surface area contributed by atoms with Crippen molar-refractivity contribution in [2.24, 2.45) is 4.99 Å². The van der Waals surface area contributed by atoms with Gasteiger partial charge in [-0.2, -0.15) is 0 Å². The van der Waals surface area contributed by atoms with Crippen molar-refractivity contribution in [3.8, 4) is 0 Å². The second-order valence-corrected chi connectivity index (χ2v) is 4.30. The summed E-state index contributed by atoms with van der Waals surface area (Å²) in [7, 11) is 1.72. The van der Waals surface area contributed by atoms with Gasteiger partial charge < -0.3 is 10.4 Å². The Hall–Kier alpha value is -1.75. The SMILES string of the molecule is C/N=C(\C=C(C)C)Nc1nc(C)nc(CO)c1C. The largest absolute Gasteiger partial charge is 0.390 e. The summed E-state index contributed by atoms with van der Waals surface area (Å²) >= 11 is 0. The molecule has 5 nitrogen and oxygen atoms in total. The van der Waals surface area contributed by atoms with Gasteiger partial charge in [-0.15, -0.1) is 0 Å². The third-order valence-electron chi connectivity index (χ3n) is 2.42. The van der Waals surface area contributed by atoms with Crippen LogP contribution in [0.4, 0.5) is 5.82 Å². The minimum absolute atomic E-state index is 0.0921. The van der Waals surface area contributed by atoms with Crippen LogP contribution in [0.3, 0.4) is 0 Å². The zero-order valence-corrected chi connectivity index (χ0v) is 11.6. The number of aliphatic imine (C=N–C) groups is 1. The highest BCUT2D eigenvalue weighted by atomic mass is 16.3. The van der Waals surface area contributed by atoms with E-state index in [0.29, 0.717) is 17.3 Å². The molecule has 1 aromatic rings. The van der Waals surface area contributed by atoms with Crippen LogP contribution in [0.5, 0.6) is 0 Å². The Balaban J connectivity index is 3.11. The van der Waals surface area contributed by atoms with Gasteiger partial charge in [-0.3, -0.25) is 4.99 Å². The van der Waals surface area contributed by atoms with Crippen LogP contribution in [0.25, 0.3) is 0 Å². The molecule has 0 fully saturated rings. The number of rotatable bonds is 3. The van der Waals surface area contributed by atoms with E-state index < -0.39 is 0 Å². The summed E-state index contributed by atoms with van der Waals surface area (Å²) in [6.07, 6.45) is 1.94. The highest BCUT2D eigenvalue weighted by molar-refractivity contribution is 6.03. The topological polar surface area (TPSA) is 70.4 Å². The van der Waals surface area contributed by atoms with Crippen LogP contribution >= 0.6 is 0 Å².